The first-order valence-electron chi connectivity index (χ1n) is 18.8. The maximum absolute atomic E-state index is 14.6. The van der Waals surface area contributed by atoms with Crippen LogP contribution in [0.15, 0.2) is 66.7 Å². The summed E-state index contributed by atoms with van der Waals surface area (Å²) in [5.41, 5.74) is 0.866. The van der Waals surface area contributed by atoms with Crippen molar-refractivity contribution in [3.05, 3.63) is 66.7 Å². The van der Waals surface area contributed by atoms with Gasteiger partial charge in [-0.2, -0.15) is 0 Å². The van der Waals surface area contributed by atoms with E-state index in [9.17, 15) is 24.3 Å². The maximum Gasteiger partial charge on any atom is 0.330 e. The summed E-state index contributed by atoms with van der Waals surface area (Å²) in [6, 6.07) is 16.2. The molecule has 0 radical (unpaired) electrons. The molecule has 1 aromatic heterocycles. The molecule has 2 aromatic carbocycles. The Bertz CT molecular complexity index is 1840. The van der Waals surface area contributed by atoms with Gasteiger partial charge in [-0.15, -0.1) is 0 Å². The van der Waals surface area contributed by atoms with Crippen LogP contribution in [0.5, 0.6) is 11.5 Å². The lowest BCUT2D eigenvalue weighted by atomic mass is 9.94. The average molecular weight is 709 g/mol. The van der Waals surface area contributed by atoms with Gasteiger partial charge < -0.3 is 29.7 Å². The number of aliphatic carboxylic acids is 1. The number of rotatable bonds is 7. The first kappa shape index (κ1) is 35.5. The van der Waals surface area contributed by atoms with Crippen LogP contribution >= 0.6 is 0 Å². The third-order valence-corrected chi connectivity index (χ3v) is 11.2. The van der Waals surface area contributed by atoms with Crippen molar-refractivity contribution in [1.82, 2.24) is 20.1 Å². The number of likely N-dealkylation sites (tertiary alicyclic amines) is 1. The zero-order valence-electron chi connectivity index (χ0n) is 29.8. The van der Waals surface area contributed by atoms with Gasteiger partial charge in [0.1, 0.15) is 29.2 Å². The molecular formula is C41H48N4O7. The van der Waals surface area contributed by atoms with Crippen LogP contribution < -0.4 is 14.8 Å². The number of fused-ring (bicyclic) bond motifs is 3. The molecule has 3 fully saturated rings. The van der Waals surface area contributed by atoms with E-state index in [1.54, 1.807) is 12.0 Å². The third kappa shape index (κ3) is 7.49. The number of hydrogen-bond acceptors (Lipinski definition) is 7. The second-order valence-corrected chi connectivity index (χ2v) is 14.7. The van der Waals surface area contributed by atoms with Crippen LogP contribution in [0, 0.1) is 11.8 Å². The number of amides is 3. The largest absolute Gasteiger partial charge is 0.497 e. The van der Waals surface area contributed by atoms with Crippen molar-refractivity contribution in [2.24, 2.45) is 11.8 Å². The van der Waals surface area contributed by atoms with Crippen molar-refractivity contribution < 1.29 is 33.8 Å². The Hall–Kier alpha value is -4.93. The number of pyridine rings is 1. The van der Waals surface area contributed by atoms with Crippen molar-refractivity contribution in [2.75, 3.05) is 26.7 Å². The van der Waals surface area contributed by atoms with Gasteiger partial charge in [0.2, 0.25) is 17.7 Å². The lowest BCUT2D eigenvalue weighted by Gasteiger charge is -2.31. The number of carboxylic acids is 1. The van der Waals surface area contributed by atoms with Crippen LogP contribution in [-0.4, -0.2) is 88.0 Å². The average Bonchev–Trinajstić information content (AvgIpc) is 3.70. The van der Waals surface area contributed by atoms with E-state index in [2.05, 4.69) is 5.32 Å². The molecule has 1 unspecified atom stereocenters. The molecule has 2 N–H and O–H groups in total. The number of carbonyl (C=O) groups excluding carboxylic acids is 3. The molecule has 5 atom stereocenters. The van der Waals surface area contributed by atoms with Crippen molar-refractivity contribution in [1.29, 1.82) is 0 Å². The number of piperidine rings is 1. The Morgan fingerprint density at radius 3 is 2.56 bits per heavy atom. The number of nitrogens with one attached hydrogen (secondary N) is 1. The van der Waals surface area contributed by atoms with Crippen LogP contribution in [0.25, 0.3) is 22.2 Å². The fraction of sp³-hybridized carbons (Fsp3) is 0.488. The van der Waals surface area contributed by atoms with Gasteiger partial charge >= 0.3 is 5.97 Å². The molecule has 7 rings (SSSR count). The summed E-state index contributed by atoms with van der Waals surface area (Å²) >= 11 is 0. The Labute approximate surface area is 304 Å². The molecule has 0 bridgehead atoms. The van der Waals surface area contributed by atoms with E-state index in [4.69, 9.17) is 14.5 Å². The van der Waals surface area contributed by atoms with E-state index in [1.165, 1.54) is 0 Å². The van der Waals surface area contributed by atoms with Crippen LogP contribution in [-0.2, 0) is 19.2 Å². The van der Waals surface area contributed by atoms with Gasteiger partial charge in [0.25, 0.3) is 0 Å². The highest BCUT2D eigenvalue weighted by Gasteiger charge is 2.61. The third-order valence-electron chi connectivity index (χ3n) is 11.2. The van der Waals surface area contributed by atoms with E-state index in [0.29, 0.717) is 48.6 Å². The summed E-state index contributed by atoms with van der Waals surface area (Å²) in [4.78, 5) is 63.2. The van der Waals surface area contributed by atoms with Gasteiger partial charge in [0.15, 0.2) is 0 Å². The number of hydrogen-bond donors (Lipinski definition) is 2. The molecule has 1 saturated carbocycles. The monoisotopic (exact) mass is 708 g/mol. The van der Waals surface area contributed by atoms with E-state index < -0.39 is 35.5 Å². The number of methoxy groups -OCH3 is 1. The lowest BCUT2D eigenvalue weighted by Crippen LogP contribution is -2.54. The van der Waals surface area contributed by atoms with E-state index in [-0.39, 0.29) is 37.1 Å². The fourth-order valence-electron chi connectivity index (χ4n) is 8.10. The van der Waals surface area contributed by atoms with E-state index >= 15 is 0 Å². The Balaban J connectivity index is 1.21. The van der Waals surface area contributed by atoms with Crippen molar-refractivity contribution in [3.8, 4) is 22.8 Å². The minimum atomic E-state index is -1.41. The predicted octanol–water partition coefficient (Wildman–Crippen LogP) is 5.76. The summed E-state index contributed by atoms with van der Waals surface area (Å²) in [7, 11) is 1.60. The summed E-state index contributed by atoms with van der Waals surface area (Å²) in [6.45, 7) is 1.52. The van der Waals surface area contributed by atoms with Gasteiger partial charge in [0.05, 0.1) is 24.9 Å². The van der Waals surface area contributed by atoms with E-state index in [1.807, 2.05) is 71.6 Å². The number of allylic oxidation sites excluding steroid dienone is 1. The van der Waals surface area contributed by atoms with Crippen molar-refractivity contribution in [3.63, 3.8) is 0 Å². The van der Waals surface area contributed by atoms with Crippen LogP contribution in [0.2, 0.25) is 0 Å². The summed E-state index contributed by atoms with van der Waals surface area (Å²) in [5.74, 6) is -1.58. The van der Waals surface area contributed by atoms with Crippen LogP contribution in [0.3, 0.4) is 0 Å². The molecule has 3 aliphatic heterocycles. The SMILES string of the molecule is COc1ccc2c(O[C@@H]3C[C@H]4C(=O)N[C@]5(C(=O)O)CC5/C=C\CCCCC[C@H](CC(=O)N5CCCCC5)C(=O)N4C3)cc(-c3ccccc3)nc2c1. The van der Waals surface area contributed by atoms with Crippen molar-refractivity contribution >= 4 is 34.6 Å². The first-order chi connectivity index (χ1) is 25.3. The molecule has 274 valence electrons. The topological polar surface area (TPSA) is 138 Å². The molecule has 4 heterocycles. The normalized spacial score (nSPS) is 27.4. The molecule has 3 amide bonds. The first-order valence-corrected chi connectivity index (χ1v) is 18.8. The predicted molar refractivity (Wildman–Crippen MR) is 196 cm³/mol. The molecule has 4 aliphatic rings. The summed E-state index contributed by atoms with van der Waals surface area (Å²) < 4.78 is 12.2. The number of benzene rings is 2. The Morgan fingerprint density at radius 2 is 1.79 bits per heavy atom. The van der Waals surface area contributed by atoms with Gasteiger partial charge in [-0.05, 0) is 57.1 Å². The maximum atomic E-state index is 14.6. The standard InChI is InChI=1S/C41H48N4O7/c1-51-30-17-18-32-34(22-30)42-33(27-13-8-5-9-14-27)24-36(32)52-31-23-35-38(47)43-41(40(49)50)25-29(41)16-10-4-2-3-7-15-28(39(48)45(35)26-31)21-37(46)44-19-11-6-12-20-44/h5,8-10,13-14,16-18,22,24,28-29,31,35H,2-4,6-7,11-12,15,19-21,23,25-26H2,1H3,(H,43,47)(H,49,50)/b16-10-/t28-,29?,31-,35+,41-/m1/s1. The van der Waals surface area contributed by atoms with Gasteiger partial charge in [-0.1, -0.05) is 55.3 Å². The number of ether oxygens (including phenoxy) is 2. The number of carbonyl (C=O) groups is 4. The van der Waals surface area contributed by atoms with Crippen LogP contribution in [0.1, 0.15) is 70.6 Å². The molecule has 2 saturated heterocycles. The molecule has 52 heavy (non-hydrogen) atoms. The Morgan fingerprint density at radius 1 is 1.00 bits per heavy atom. The van der Waals surface area contributed by atoms with Crippen molar-refractivity contribution in [2.45, 2.75) is 88.3 Å². The van der Waals surface area contributed by atoms with Gasteiger partial charge in [-0.3, -0.25) is 14.4 Å². The molecular weight excluding hydrogens is 660 g/mol. The molecule has 11 nitrogen and oxygen atoms in total. The smallest absolute Gasteiger partial charge is 0.330 e. The summed E-state index contributed by atoms with van der Waals surface area (Å²) in [5, 5.41) is 13.9. The van der Waals surface area contributed by atoms with Crippen LogP contribution in [0.4, 0.5) is 0 Å². The Kier molecular flexibility index (Phi) is 10.5. The number of aromatic nitrogens is 1. The highest BCUT2D eigenvalue weighted by atomic mass is 16.5. The van der Waals surface area contributed by atoms with Gasteiger partial charge in [-0.25, -0.2) is 9.78 Å². The highest BCUT2D eigenvalue weighted by molar-refractivity contribution is 5.96. The minimum absolute atomic E-state index is 0.0234. The number of nitrogens with zero attached hydrogens (tertiary/aromatic N) is 3. The number of carboxylic acid groups (broad SMARTS) is 1. The minimum Gasteiger partial charge on any atom is -0.497 e. The molecule has 11 heteroatoms. The zero-order valence-corrected chi connectivity index (χ0v) is 29.8. The fourth-order valence-corrected chi connectivity index (χ4v) is 8.10. The highest BCUT2D eigenvalue weighted by Crippen LogP contribution is 2.45. The molecule has 3 aromatic rings. The second-order valence-electron chi connectivity index (χ2n) is 14.7. The summed E-state index contributed by atoms with van der Waals surface area (Å²) in [6.07, 6.45) is 10.8. The van der Waals surface area contributed by atoms with Gasteiger partial charge in [0, 0.05) is 60.8 Å². The lowest BCUT2D eigenvalue weighted by molar-refractivity contribution is -0.147. The zero-order chi connectivity index (χ0) is 36.2. The molecule has 1 aliphatic carbocycles. The second kappa shape index (κ2) is 15.4. The molecule has 0 spiro atoms. The van der Waals surface area contributed by atoms with E-state index in [0.717, 1.165) is 55.9 Å². The quantitative estimate of drug-likeness (QED) is 0.296.